The van der Waals surface area contributed by atoms with Crippen LogP contribution in [0.3, 0.4) is 0 Å². The van der Waals surface area contributed by atoms with E-state index in [9.17, 15) is 14.0 Å². The molecule has 4 nitrogen and oxygen atoms in total. The van der Waals surface area contributed by atoms with Crippen LogP contribution in [-0.2, 0) is 9.53 Å². The Kier molecular flexibility index (Phi) is 5.61. The van der Waals surface area contributed by atoms with Crippen molar-refractivity contribution >= 4 is 17.6 Å². The quantitative estimate of drug-likeness (QED) is 0.670. The summed E-state index contributed by atoms with van der Waals surface area (Å²) in [4.78, 5) is 24.4. The Balaban J connectivity index is 1.60. The number of amides is 1. The summed E-state index contributed by atoms with van der Waals surface area (Å²) in [7, 11) is 0. The Morgan fingerprint density at radius 2 is 1.44 bits per heavy atom. The van der Waals surface area contributed by atoms with Gasteiger partial charge in [0.15, 0.2) is 6.10 Å². The van der Waals surface area contributed by atoms with Crippen molar-refractivity contribution in [1.82, 2.24) is 0 Å². The lowest BCUT2D eigenvalue weighted by Gasteiger charge is -2.14. The molecule has 1 amide bonds. The van der Waals surface area contributed by atoms with E-state index in [0.29, 0.717) is 11.3 Å². The normalized spacial score (nSPS) is 11.5. The Morgan fingerprint density at radius 3 is 2.07 bits per heavy atom. The van der Waals surface area contributed by atoms with Crippen molar-refractivity contribution in [1.29, 1.82) is 0 Å². The Bertz CT molecular complexity index is 922. The van der Waals surface area contributed by atoms with Gasteiger partial charge in [0.2, 0.25) is 0 Å². The van der Waals surface area contributed by atoms with Crippen LogP contribution in [0.2, 0.25) is 0 Å². The van der Waals surface area contributed by atoms with Gasteiger partial charge in [0.05, 0.1) is 5.56 Å². The summed E-state index contributed by atoms with van der Waals surface area (Å²) in [6.45, 7) is 1.48. The zero-order chi connectivity index (χ0) is 19.2. The molecule has 3 aromatic rings. The highest BCUT2D eigenvalue weighted by atomic mass is 19.1. The molecule has 1 atom stereocenters. The van der Waals surface area contributed by atoms with E-state index in [0.717, 1.165) is 11.1 Å². The van der Waals surface area contributed by atoms with Gasteiger partial charge in [-0.1, -0.05) is 42.5 Å². The summed E-state index contributed by atoms with van der Waals surface area (Å²) in [5.41, 5.74) is 2.81. The minimum absolute atomic E-state index is 0.358. The summed E-state index contributed by atoms with van der Waals surface area (Å²) in [5.74, 6) is -1.47. The van der Waals surface area contributed by atoms with E-state index in [1.54, 1.807) is 12.1 Å². The third-order valence-corrected chi connectivity index (χ3v) is 3.99. The van der Waals surface area contributed by atoms with Crippen molar-refractivity contribution in [3.8, 4) is 11.1 Å². The molecule has 0 aliphatic rings. The first kappa shape index (κ1) is 18.3. The number of nitrogens with one attached hydrogen (secondary N) is 1. The number of benzene rings is 3. The minimum Gasteiger partial charge on any atom is -0.449 e. The predicted molar refractivity (Wildman–Crippen MR) is 102 cm³/mol. The lowest BCUT2D eigenvalue weighted by molar-refractivity contribution is -0.123. The molecule has 0 radical (unpaired) electrons. The predicted octanol–water partition coefficient (Wildman–Crippen LogP) is 4.68. The molecule has 0 aliphatic carbocycles. The monoisotopic (exact) mass is 363 g/mol. The lowest BCUT2D eigenvalue weighted by atomic mass is 10.0. The molecule has 3 aromatic carbocycles. The maximum absolute atomic E-state index is 12.9. The largest absolute Gasteiger partial charge is 0.449 e. The van der Waals surface area contributed by atoms with Crippen molar-refractivity contribution in [2.24, 2.45) is 0 Å². The molecule has 0 aliphatic heterocycles. The molecule has 0 spiro atoms. The molecular weight excluding hydrogens is 345 g/mol. The Hall–Kier alpha value is -3.47. The average molecular weight is 363 g/mol. The molecular formula is C22H18FNO3. The van der Waals surface area contributed by atoms with Crippen LogP contribution >= 0.6 is 0 Å². The highest BCUT2D eigenvalue weighted by Gasteiger charge is 2.19. The number of ether oxygens (including phenoxy) is 1. The van der Waals surface area contributed by atoms with Gasteiger partial charge in [-0.15, -0.1) is 0 Å². The molecule has 0 saturated carbocycles. The van der Waals surface area contributed by atoms with Crippen LogP contribution in [0, 0.1) is 5.82 Å². The molecule has 1 N–H and O–H groups in total. The van der Waals surface area contributed by atoms with Crippen molar-refractivity contribution in [3.05, 3.63) is 90.2 Å². The zero-order valence-electron chi connectivity index (χ0n) is 14.7. The fraction of sp³-hybridized carbons (Fsp3) is 0.0909. The number of anilines is 1. The van der Waals surface area contributed by atoms with Crippen molar-refractivity contribution in [2.75, 3.05) is 5.32 Å². The maximum atomic E-state index is 12.9. The Morgan fingerprint density at radius 1 is 0.852 bits per heavy atom. The second kappa shape index (κ2) is 8.27. The molecule has 0 bridgehead atoms. The van der Waals surface area contributed by atoms with Crippen LogP contribution in [0.15, 0.2) is 78.9 Å². The van der Waals surface area contributed by atoms with Crippen LogP contribution in [0.1, 0.15) is 17.3 Å². The minimum atomic E-state index is -0.989. The first-order valence-corrected chi connectivity index (χ1v) is 8.46. The number of esters is 1. The second-order valence-corrected chi connectivity index (χ2v) is 5.99. The number of halogens is 1. The number of carbonyl (C=O) groups excluding carboxylic acids is 2. The summed E-state index contributed by atoms with van der Waals surface area (Å²) < 4.78 is 18.1. The molecule has 0 fully saturated rings. The van der Waals surface area contributed by atoms with Crippen LogP contribution in [0.25, 0.3) is 11.1 Å². The molecule has 1 unspecified atom stereocenters. The maximum Gasteiger partial charge on any atom is 0.338 e. The number of carbonyl (C=O) groups is 2. The molecule has 5 heteroatoms. The van der Waals surface area contributed by atoms with E-state index >= 15 is 0 Å². The highest BCUT2D eigenvalue weighted by Crippen LogP contribution is 2.20. The van der Waals surface area contributed by atoms with Crippen LogP contribution in [-0.4, -0.2) is 18.0 Å². The first-order chi connectivity index (χ1) is 13.0. The smallest absolute Gasteiger partial charge is 0.338 e. The summed E-state index contributed by atoms with van der Waals surface area (Å²) >= 11 is 0. The number of rotatable bonds is 5. The molecule has 27 heavy (non-hydrogen) atoms. The highest BCUT2D eigenvalue weighted by molar-refractivity contribution is 5.97. The molecule has 136 valence electrons. The van der Waals surface area contributed by atoms with Gasteiger partial charge in [0.25, 0.3) is 5.91 Å². The van der Waals surface area contributed by atoms with Gasteiger partial charge in [-0.2, -0.15) is 0 Å². The number of hydrogen-bond acceptors (Lipinski definition) is 3. The third-order valence-electron chi connectivity index (χ3n) is 3.99. The van der Waals surface area contributed by atoms with E-state index in [1.165, 1.54) is 31.2 Å². The fourth-order valence-electron chi connectivity index (χ4n) is 2.49. The van der Waals surface area contributed by atoms with E-state index in [4.69, 9.17) is 4.74 Å². The zero-order valence-corrected chi connectivity index (χ0v) is 14.7. The third kappa shape index (κ3) is 4.79. The molecule has 0 heterocycles. The fourth-order valence-corrected chi connectivity index (χ4v) is 2.49. The number of hydrogen-bond donors (Lipinski definition) is 1. The lowest BCUT2D eigenvalue weighted by Crippen LogP contribution is -2.30. The van der Waals surface area contributed by atoms with E-state index in [-0.39, 0.29) is 0 Å². The molecule has 3 rings (SSSR count). The van der Waals surface area contributed by atoms with Crippen LogP contribution < -0.4 is 5.32 Å². The van der Waals surface area contributed by atoms with Gasteiger partial charge in [0.1, 0.15) is 5.82 Å². The molecule has 0 aromatic heterocycles. The average Bonchev–Trinajstić information content (AvgIpc) is 2.70. The van der Waals surface area contributed by atoms with Crippen molar-refractivity contribution in [3.63, 3.8) is 0 Å². The first-order valence-electron chi connectivity index (χ1n) is 8.46. The topological polar surface area (TPSA) is 55.4 Å². The van der Waals surface area contributed by atoms with Gasteiger partial charge < -0.3 is 10.1 Å². The van der Waals surface area contributed by atoms with E-state index in [2.05, 4.69) is 5.32 Å². The second-order valence-electron chi connectivity index (χ2n) is 5.99. The molecule has 0 saturated heterocycles. The van der Waals surface area contributed by atoms with Gasteiger partial charge in [-0.25, -0.2) is 9.18 Å². The summed E-state index contributed by atoms with van der Waals surface area (Å²) in [6.07, 6.45) is -0.989. The standard InChI is InChI=1S/C22H18FNO3/c1-15(21(25)24-20-13-11-19(23)12-14-20)27-22(26)18-9-7-17(8-10-18)16-5-3-2-4-6-16/h2-15H,1H3,(H,24,25). The summed E-state index contributed by atoms with van der Waals surface area (Å²) in [5, 5.41) is 2.57. The van der Waals surface area contributed by atoms with E-state index < -0.39 is 23.8 Å². The van der Waals surface area contributed by atoms with Crippen molar-refractivity contribution < 1.29 is 18.7 Å². The summed E-state index contributed by atoms with van der Waals surface area (Å²) in [6, 6.07) is 22.1. The Labute approximate surface area is 156 Å². The van der Waals surface area contributed by atoms with Gasteiger partial charge in [0, 0.05) is 5.69 Å². The van der Waals surface area contributed by atoms with Crippen LogP contribution in [0.4, 0.5) is 10.1 Å². The van der Waals surface area contributed by atoms with Crippen LogP contribution in [0.5, 0.6) is 0 Å². The van der Waals surface area contributed by atoms with Gasteiger partial charge in [-0.05, 0) is 54.4 Å². The van der Waals surface area contributed by atoms with Crippen molar-refractivity contribution in [2.45, 2.75) is 13.0 Å². The van der Waals surface area contributed by atoms with E-state index in [1.807, 2.05) is 42.5 Å². The van der Waals surface area contributed by atoms with Gasteiger partial charge in [-0.3, -0.25) is 4.79 Å². The SMILES string of the molecule is CC(OC(=O)c1ccc(-c2ccccc2)cc1)C(=O)Nc1ccc(F)cc1. The van der Waals surface area contributed by atoms with Gasteiger partial charge >= 0.3 is 5.97 Å².